The average Bonchev–Trinajstić information content (AvgIpc) is 2.54. The molecule has 1 aliphatic heterocycles. The van der Waals surface area contributed by atoms with Crippen LogP contribution < -0.4 is 10.2 Å². The van der Waals surface area contributed by atoms with Crippen molar-refractivity contribution in [3.63, 3.8) is 0 Å². The van der Waals surface area contributed by atoms with Crippen LogP contribution in [0.5, 0.6) is 0 Å². The lowest BCUT2D eigenvalue weighted by atomic mass is 10.2. The van der Waals surface area contributed by atoms with Crippen LogP contribution in [0, 0.1) is 0 Å². The number of fused-ring (bicyclic) bond motifs is 1. The zero-order chi connectivity index (χ0) is 11.0. The smallest absolute Gasteiger partial charge is 0.337 e. The minimum atomic E-state index is -0.343. The molecule has 1 aromatic carbocycles. The summed E-state index contributed by atoms with van der Waals surface area (Å²) in [5.41, 5.74) is 2.08. The predicted octanol–water partition coefficient (Wildman–Crippen LogP) is 1.86. The third kappa shape index (κ3) is 1.61. The molecular weight excluding hydrogens is 216 g/mol. The summed E-state index contributed by atoms with van der Waals surface area (Å²) in [6.45, 7) is 0. The maximum Gasteiger partial charge on any atom is 0.337 e. The van der Waals surface area contributed by atoms with Gasteiger partial charge in [0.15, 0.2) is 5.62 Å². The highest BCUT2D eigenvalue weighted by Gasteiger charge is 2.24. The highest BCUT2D eigenvalue weighted by molar-refractivity contribution is 6.24. The lowest BCUT2D eigenvalue weighted by Gasteiger charge is -2.15. The highest BCUT2D eigenvalue weighted by Crippen LogP contribution is 2.35. The monoisotopic (exact) mass is 226 g/mol. The first kappa shape index (κ1) is 10.1. The summed E-state index contributed by atoms with van der Waals surface area (Å²) in [5.74, 6) is -0.343. The van der Waals surface area contributed by atoms with Crippen LogP contribution in [0.25, 0.3) is 0 Å². The molecule has 0 spiro atoms. The summed E-state index contributed by atoms with van der Waals surface area (Å²) in [5, 5.41) is 3.07. The molecule has 2 rings (SSSR count). The molecular formula is C10H11ClN2O2. The number of methoxy groups -OCH3 is 1. The van der Waals surface area contributed by atoms with Crippen molar-refractivity contribution in [1.82, 2.24) is 0 Å². The second-order valence-electron chi connectivity index (χ2n) is 3.31. The van der Waals surface area contributed by atoms with Crippen LogP contribution in [0.4, 0.5) is 11.4 Å². The molecule has 0 bridgehead atoms. The van der Waals surface area contributed by atoms with Gasteiger partial charge in [-0.1, -0.05) is 11.6 Å². The van der Waals surface area contributed by atoms with Crippen LogP contribution in [0.2, 0.25) is 0 Å². The van der Waals surface area contributed by atoms with E-state index in [9.17, 15) is 4.79 Å². The number of nitrogens with one attached hydrogen (secondary N) is 1. The number of esters is 1. The van der Waals surface area contributed by atoms with E-state index in [2.05, 4.69) is 10.1 Å². The van der Waals surface area contributed by atoms with Crippen molar-refractivity contribution in [3.8, 4) is 0 Å². The number of alkyl halides is 1. The van der Waals surface area contributed by atoms with Crippen LogP contribution >= 0.6 is 11.6 Å². The van der Waals surface area contributed by atoms with Crippen LogP contribution in [0.1, 0.15) is 10.4 Å². The largest absolute Gasteiger partial charge is 0.465 e. The molecule has 0 saturated heterocycles. The van der Waals surface area contributed by atoms with E-state index in [1.165, 1.54) is 7.11 Å². The number of halogens is 1. The van der Waals surface area contributed by atoms with Crippen LogP contribution in [-0.2, 0) is 4.74 Å². The number of nitrogens with zero attached hydrogens (tertiary/aromatic N) is 1. The number of hydrogen-bond acceptors (Lipinski definition) is 4. The number of carbonyl (C=O) groups is 1. The molecule has 80 valence electrons. The Bertz CT molecular complexity index is 408. The normalized spacial score (nSPS) is 18.3. The first-order valence-corrected chi connectivity index (χ1v) is 4.93. The molecule has 1 N–H and O–H groups in total. The summed E-state index contributed by atoms with van der Waals surface area (Å²) in [4.78, 5) is 13.2. The van der Waals surface area contributed by atoms with Crippen molar-refractivity contribution >= 4 is 28.9 Å². The third-order valence-electron chi connectivity index (χ3n) is 2.41. The van der Waals surface area contributed by atoms with E-state index in [1.54, 1.807) is 12.1 Å². The molecule has 1 aromatic rings. The number of rotatable bonds is 1. The van der Waals surface area contributed by atoms with Crippen molar-refractivity contribution in [2.75, 3.05) is 24.4 Å². The van der Waals surface area contributed by atoms with Gasteiger partial charge in [-0.2, -0.15) is 0 Å². The standard InChI is InChI=1S/C10H11ClN2O2/c1-13-8-5-6(9(14)15-2)3-4-7(8)12-10(13)11/h3-5,10,12H,1-2H3. The van der Waals surface area contributed by atoms with Crippen molar-refractivity contribution in [3.05, 3.63) is 23.8 Å². The van der Waals surface area contributed by atoms with Gasteiger partial charge in [-0.25, -0.2) is 4.79 Å². The Morgan fingerprint density at radius 3 is 3.00 bits per heavy atom. The van der Waals surface area contributed by atoms with Gasteiger partial charge in [0.2, 0.25) is 0 Å². The Morgan fingerprint density at radius 2 is 2.33 bits per heavy atom. The first-order valence-electron chi connectivity index (χ1n) is 4.49. The van der Waals surface area contributed by atoms with E-state index >= 15 is 0 Å². The van der Waals surface area contributed by atoms with E-state index < -0.39 is 0 Å². The van der Waals surface area contributed by atoms with Gasteiger partial charge in [-0.05, 0) is 18.2 Å². The van der Waals surface area contributed by atoms with Crippen molar-refractivity contribution in [2.45, 2.75) is 5.62 Å². The number of hydrogen-bond donors (Lipinski definition) is 1. The molecule has 0 radical (unpaired) electrons. The second-order valence-corrected chi connectivity index (χ2v) is 3.73. The fourth-order valence-corrected chi connectivity index (χ4v) is 1.76. The highest BCUT2D eigenvalue weighted by atomic mass is 35.5. The van der Waals surface area contributed by atoms with Crippen molar-refractivity contribution < 1.29 is 9.53 Å². The maximum atomic E-state index is 11.3. The quantitative estimate of drug-likeness (QED) is 0.451. The zero-order valence-electron chi connectivity index (χ0n) is 8.45. The van der Waals surface area contributed by atoms with E-state index in [4.69, 9.17) is 11.6 Å². The molecule has 15 heavy (non-hydrogen) atoms. The predicted molar refractivity (Wildman–Crippen MR) is 59.4 cm³/mol. The molecule has 4 nitrogen and oxygen atoms in total. The van der Waals surface area contributed by atoms with Crippen molar-refractivity contribution in [2.24, 2.45) is 0 Å². The number of anilines is 2. The zero-order valence-corrected chi connectivity index (χ0v) is 9.21. The van der Waals surface area contributed by atoms with E-state index in [0.717, 1.165) is 11.4 Å². The summed E-state index contributed by atoms with van der Waals surface area (Å²) in [7, 11) is 3.22. The lowest BCUT2D eigenvalue weighted by Crippen LogP contribution is -2.25. The molecule has 1 unspecified atom stereocenters. The van der Waals surface area contributed by atoms with Gasteiger partial charge in [0.05, 0.1) is 24.0 Å². The minimum absolute atomic E-state index is 0.270. The summed E-state index contributed by atoms with van der Waals surface area (Å²) < 4.78 is 4.65. The van der Waals surface area contributed by atoms with E-state index in [1.807, 2.05) is 18.0 Å². The second kappa shape index (κ2) is 3.62. The van der Waals surface area contributed by atoms with Gasteiger partial charge < -0.3 is 15.0 Å². The third-order valence-corrected chi connectivity index (χ3v) is 2.82. The molecule has 0 aromatic heterocycles. The lowest BCUT2D eigenvalue weighted by molar-refractivity contribution is 0.0601. The fraction of sp³-hybridized carbons (Fsp3) is 0.300. The fourth-order valence-electron chi connectivity index (χ4n) is 1.54. The van der Waals surface area contributed by atoms with Crippen LogP contribution in [-0.4, -0.2) is 25.8 Å². The SMILES string of the molecule is COC(=O)c1ccc2c(c1)N(C)C(Cl)N2. The number of benzene rings is 1. The molecule has 5 heteroatoms. The molecule has 0 saturated carbocycles. The summed E-state index contributed by atoms with van der Waals surface area (Å²) in [6, 6.07) is 5.29. The Hall–Kier alpha value is -1.42. The Kier molecular flexibility index (Phi) is 2.44. The number of carbonyl (C=O) groups excluding carboxylic acids is 1. The van der Waals surface area contributed by atoms with Crippen LogP contribution in [0.15, 0.2) is 18.2 Å². The topological polar surface area (TPSA) is 41.6 Å². The van der Waals surface area contributed by atoms with E-state index in [-0.39, 0.29) is 11.6 Å². The van der Waals surface area contributed by atoms with Gasteiger partial charge in [0.25, 0.3) is 0 Å². The van der Waals surface area contributed by atoms with Gasteiger partial charge >= 0.3 is 5.97 Å². The van der Waals surface area contributed by atoms with Crippen molar-refractivity contribution in [1.29, 1.82) is 0 Å². The Labute approximate surface area is 92.8 Å². The van der Waals surface area contributed by atoms with E-state index in [0.29, 0.717) is 5.56 Å². The maximum absolute atomic E-state index is 11.3. The molecule has 1 heterocycles. The Morgan fingerprint density at radius 1 is 1.60 bits per heavy atom. The summed E-state index contributed by atoms with van der Waals surface area (Å²) in [6.07, 6.45) is 0. The van der Waals surface area contributed by atoms with Gasteiger partial charge in [-0.15, -0.1) is 0 Å². The molecule has 0 fully saturated rings. The average molecular weight is 227 g/mol. The molecule has 0 amide bonds. The Balaban J connectivity index is 2.39. The van der Waals surface area contributed by atoms with Gasteiger partial charge in [0.1, 0.15) is 0 Å². The molecule has 1 aliphatic rings. The first-order chi connectivity index (χ1) is 7.13. The van der Waals surface area contributed by atoms with Gasteiger partial charge in [0, 0.05) is 7.05 Å². The number of ether oxygens (including phenoxy) is 1. The molecule has 0 aliphatic carbocycles. The summed E-state index contributed by atoms with van der Waals surface area (Å²) >= 11 is 5.99. The minimum Gasteiger partial charge on any atom is -0.465 e. The van der Waals surface area contributed by atoms with Gasteiger partial charge in [-0.3, -0.25) is 0 Å². The molecule has 1 atom stereocenters. The van der Waals surface area contributed by atoms with Crippen LogP contribution in [0.3, 0.4) is 0 Å².